The summed E-state index contributed by atoms with van der Waals surface area (Å²) < 4.78 is 11.4. The monoisotopic (exact) mass is 856 g/mol. The van der Waals surface area contributed by atoms with E-state index in [-0.39, 0.29) is 0 Å². The van der Waals surface area contributed by atoms with Crippen LogP contribution in [0.1, 0.15) is 0 Å². The standard InChI is InChI=1S/C62H40N4O/c1-5-17-41(18-6-1)47-33-48(42-19-7-2-8-20-42)36-51(35-47)65-58-28-16-14-26-54(58)56-39-45(30-32-59(56)65)61-63-64-62(67-61)46-29-31-55-53-25-13-15-27-57(53)66(60(55)40-46)52-37-49(43-21-9-3-10-22-43)34-50(38-52)44-23-11-4-12-24-44/h1-40H. The van der Waals surface area contributed by atoms with Crippen LogP contribution in [0.5, 0.6) is 0 Å². The number of rotatable bonds is 8. The van der Waals surface area contributed by atoms with Crippen molar-refractivity contribution < 1.29 is 4.42 Å². The van der Waals surface area contributed by atoms with Crippen molar-refractivity contribution in [3.8, 4) is 78.8 Å². The van der Waals surface area contributed by atoms with Gasteiger partial charge in [0.15, 0.2) is 0 Å². The van der Waals surface area contributed by atoms with Crippen LogP contribution in [0.2, 0.25) is 0 Å². The van der Waals surface area contributed by atoms with Gasteiger partial charge in [0.25, 0.3) is 0 Å². The van der Waals surface area contributed by atoms with Gasteiger partial charge in [0.05, 0.1) is 22.1 Å². The molecule has 0 bridgehead atoms. The molecule has 0 fully saturated rings. The zero-order valence-corrected chi connectivity index (χ0v) is 36.3. The molecule has 3 heterocycles. The second kappa shape index (κ2) is 15.9. The van der Waals surface area contributed by atoms with Crippen molar-refractivity contribution in [3.05, 3.63) is 243 Å². The molecule has 0 radical (unpaired) electrons. The van der Waals surface area contributed by atoms with Crippen molar-refractivity contribution >= 4 is 43.6 Å². The Balaban J connectivity index is 0.926. The maximum absolute atomic E-state index is 6.62. The Morgan fingerprint density at radius 3 is 1.07 bits per heavy atom. The minimum Gasteiger partial charge on any atom is -0.416 e. The first-order valence-corrected chi connectivity index (χ1v) is 22.6. The Labute approximate surface area is 387 Å². The van der Waals surface area contributed by atoms with Gasteiger partial charge in [-0.3, -0.25) is 0 Å². The van der Waals surface area contributed by atoms with Crippen LogP contribution in [-0.2, 0) is 0 Å². The summed E-state index contributed by atoms with van der Waals surface area (Å²) in [6, 6.07) is 86.4. The Bertz CT molecular complexity index is 3850. The molecule has 0 N–H and O–H groups in total. The molecule has 0 aliphatic heterocycles. The van der Waals surface area contributed by atoms with Crippen LogP contribution < -0.4 is 0 Å². The molecule has 0 aliphatic rings. The molecule has 13 aromatic rings. The summed E-state index contributed by atoms with van der Waals surface area (Å²) in [6.45, 7) is 0. The van der Waals surface area contributed by atoms with Crippen molar-refractivity contribution in [2.24, 2.45) is 0 Å². The number of fused-ring (bicyclic) bond motifs is 6. The summed E-state index contributed by atoms with van der Waals surface area (Å²) in [6.07, 6.45) is 0. The third-order valence-electron chi connectivity index (χ3n) is 13.0. The Morgan fingerprint density at radius 1 is 0.239 bits per heavy atom. The quantitative estimate of drug-likeness (QED) is 0.153. The van der Waals surface area contributed by atoms with Gasteiger partial charge in [0, 0.05) is 44.0 Å². The summed E-state index contributed by atoms with van der Waals surface area (Å²) in [5.41, 5.74) is 17.6. The van der Waals surface area contributed by atoms with Gasteiger partial charge in [-0.25, -0.2) is 0 Å². The number of aromatic nitrogens is 4. The minimum absolute atomic E-state index is 0.463. The van der Waals surface area contributed by atoms with E-state index in [1.807, 2.05) is 0 Å². The molecule has 5 heteroatoms. The van der Waals surface area contributed by atoms with E-state index >= 15 is 0 Å². The van der Waals surface area contributed by atoms with Gasteiger partial charge in [-0.1, -0.05) is 164 Å². The molecule has 0 spiro atoms. The van der Waals surface area contributed by atoms with E-state index in [0.717, 1.165) is 83.0 Å². The van der Waals surface area contributed by atoms with Gasteiger partial charge in [0.2, 0.25) is 11.8 Å². The van der Waals surface area contributed by atoms with Gasteiger partial charge in [-0.2, -0.15) is 0 Å². The van der Waals surface area contributed by atoms with Crippen molar-refractivity contribution in [1.29, 1.82) is 0 Å². The van der Waals surface area contributed by atoms with Crippen LogP contribution in [0.4, 0.5) is 0 Å². The number of nitrogens with zero attached hydrogens (tertiary/aromatic N) is 4. The molecule has 10 aromatic carbocycles. The summed E-state index contributed by atoms with van der Waals surface area (Å²) in [5, 5.41) is 13.9. The maximum Gasteiger partial charge on any atom is 0.248 e. The van der Waals surface area contributed by atoms with E-state index in [1.165, 1.54) is 27.6 Å². The summed E-state index contributed by atoms with van der Waals surface area (Å²) in [5.74, 6) is 0.931. The van der Waals surface area contributed by atoms with E-state index in [4.69, 9.17) is 4.42 Å². The molecule has 0 unspecified atom stereocenters. The Kier molecular flexibility index (Phi) is 9.10. The SMILES string of the molecule is c1ccc(-c2cc(-c3ccccc3)cc(-n3c4ccccc4c4cc(-c5nnc(-c6ccc7c8ccccc8n(-c8cc(-c9ccccc9)cc(-c9ccccc9)c8)c7c6)o5)ccc43)c2)cc1. The van der Waals surface area contributed by atoms with Crippen molar-refractivity contribution in [3.63, 3.8) is 0 Å². The predicted molar refractivity (Wildman–Crippen MR) is 276 cm³/mol. The van der Waals surface area contributed by atoms with Crippen molar-refractivity contribution in [2.75, 3.05) is 0 Å². The molecule has 0 atom stereocenters. The third kappa shape index (κ3) is 6.72. The first-order valence-electron chi connectivity index (χ1n) is 22.6. The van der Waals surface area contributed by atoms with Crippen LogP contribution in [0.25, 0.3) is 122 Å². The van der Waals surface area contributed by atoms with Gasteiger partial charge in [-0.15, -0.1) is 10.2 Å². The largest absolute Gasteiger partial charge is 0.416 e. The van der Waals surface area contributed by atoms with Gasteiger partial charge in [-0.05, 0) is 123 Å². The normalized spacial score (nSPS) is 11.6. The first-order chi connectivity index (χ1) is 33.2. The smallest absolute Gasteiger partial charge is 0.248 e. The van der Waals surface area contributed by atoms with E-state index < -0.39 is 0 Å². The maximum atomic E-state index is 6.62. The van der Waals surface area contributed by atoms with Crippen LogP contribution in [0.15, 0.2) is 247 Å². The summed E-state index contributed by atoms with van der Waals surface area (Å²) in [4.78, 5) is 0. The second-order valence-electron chi connectivity index (χ2n) is 17.1. The molecule has 13 rings (SSSR count). The average Bonchev–Trinajstić information content (AvgIpc) is 4.12. The lowest BCUT2D eigenvalue weighted by Crippen LogP contribution is -1.96. The molecular formula is C62H40N4O. The molecule has 0 aliphatic carbocycles. The van der Waals surface area contributed by atoms with Crippen LogP contribution in [-0.4, -0.2) is 19.3 Å². The molecular weight excluding hydrogens is 817 g/mol. The lowest BCUT2D eigenvalue weighted by molar-refractivity contribution is 0.585. The third-order valence-corrected chi connectivity index (χ3v) is 13.0. The lowest BCUT2D eigenvalue weighted by atomic mass is 9.98. The van der Waals surface area contributed by atoms with E-state index in [9.17, 15) is 0 Å². The molecule has 67 heavy (non-hydrogen) atoms. The fraction of sp³-hybridized carbons (Fsp3) is 0. The molecule has 314 valence electrons. The number of para-hydroxylation sites is 2. The number of hydrogen-bond acceptors (Lipinski definition) is 3. The Hall–Kier alpha value is -9.06. The van der Waals surface area contributed by atoms with Crippen LogP contribution in [0, 0.1) is 0 Å². The summed E-state index contributed by atoms with van der Waals surface area (Å²) in [7, 11) is 0. The lowest BCUT2D eigenvalue weighted by Gasteiger charge is -2.14. The minimum atomic E-state index is 0.463. The molecule has 0 saturated heterocycles. The van der Waals surface area contributed by atoms with Gasteiger partial charge < -0.3 is 13.6 Å². The predicted octanol–water partition coefficient (Wildman–Crippen LogP) is 16.3. The zero-order chi connectivity index (χ0) is 44.3. The number of benzene rings is 10. The van der Waals surface area contributed by atoms with Crippen LogP contribution in [0.3, 0.4) is 0 Å². The Morgan fingerprint density at radius 2 is 0.597 bits per heavy atom. The average molecular weight is 857 g/mol. The van der Waals surface area contributed by atoms with Crippen molar-refractivity contribution in [1.82, 2.24) is 19.3 Å². The molecule has 0 saturated carbocycles. The number of hydrogen-bond donors (Lipinski definition) is 0. The van der Waals surface area contributed by atoms with E-state index in [0.29, 0.717) is 11.8 Å². The summed E-state index contributed by atoms with van der Waals surface area (Å²) >= 11 is 0. The first kappa shape index (κ1) is 38.4. The van der Waals surface area contributed by atoms with Crippen LogP contribution >= 0.6 is 0 Å². The highest BCUT2D eigenvalue weighted by Crippen LogP contribution is 2.40. The van der Waals surface area contributed by atoms with Gasteiger partial charge in [0.1, 0.15) is 0 Å². The van der Waals surface area contributed by atoms with Gasteiger partial charge >= 0.3 is 0 Å². The zero-order valence-electron chi connectivity index (χ0n) is 36.3. The van der Waals surface area contributed by atoms with E-state index in [2.05, 4.69) is 262 Å². The van der Waals surface area contributed by atoms with Crippen molar-refractivity contribution in [2.45, 2.75) is 0 Å². The fourth-order valence-corrected chi connectivity index (χ4v) is 9.89. The van der Waals surface area contributed by atoms with E-state index in [1.54, 1.807) is 0 Å². The highest BCUT2D eigenvalue weighted by molar-refractivity contribution is 6.11. The molecule has 3 aromatic heterocycles. The highest BCUT2D eigenvalue weighted by Gasteiger charge is 2.20. The molecule has 5 nitrogen and oxygen atoms in total. The topological polar surface area (TPSA) is 48.8 Å². The highest BCUT2D eigenvalue weighted by atomic mass is 16.4. The second-order valence-corrected chi connectivity index (χ2v) is 17.1. The fourth-order valence-electron chi connectivity index (χ4n) is 9.89. The molecule has 0 amide bonds.